The molecule has 2 heterocycles. The average Bonchev–Trinajstić information content (AvgIpc) is 3.40. The molecular formula is C30H34N2O5. The predicted molar refractivity (Wildman–Crippen MR) is 141 cm³/mol. The predicted octanol–water partition coefficient (Wildman–Crippen LogP) is 4.43. The van der Waals surface area contributed by atoms with E-state index in [1.165, 1.54) is 0 Å². The van der Waals surface area contributed by atoms with Gasteiger partial charge in [0, 0.05) is 35.8 Å². The van der Waals surface area contributed by atoms with Crippen molar-refractivity contribution in [2.24, 2.45) is 0 Å². The molecule has 2 fully saturated rings. The molecule has 0 saturated carbocycles. The number of carbonyl (C=O) groups is 1. The highest BCUT2D eigenvalue weighted by atomic mass is 16.7. The van der Waals surface area contributed by atoms with E-state index >= 15 is 0 Å². The number of carbonyl (C=O) groups excluding carboxylic acids is 1. The Morgan fingerprint density at radius 2 is 1.65 bits per heavy atom. The first kappa shape index (κ1) is 25.6. The number of nitrogens with one attached hydrogen (secondary N) is 1. The lowest BCUT2D eigenvalue weighted by Crippen LogP contribution is -2.42. The lowest BCUT2D eigenvalue weighted by molar-refractivity contribution is -0.253. The van der Waals surface area contributed by atoms with Gasteiger partial charge in [-0.05, 0) is 54.8 Å². The quantitative estimate of drug-likeness (QED) is 0.422. The van der Waals surface area contributed by atoms with Crippen LogP contribution < -0.4 is 5.32 Å². The number of hydrogen-bond acceptors (Lipinski definition) is 6. The number of amides is 1. The van der Waals surface area contributed by atoms with Crippen molar-refractivity contribution in [3.8, 4) is 0 Å². The number of aliphatic hydroxyl groups excluding tert-OH is 2. The van der Waals surface area contributed by atoms with Gasteiger partial charge in [-0.25, -0.2) is 0 Å². The van der Waals surface area contributed by atoms with E-state index in [0.717, 1.165) is 42.6 Å². The van der Waals surface area contributed by atoms with Crippen LogP contribution in [0, 0.1) is 0 Å². The molecule has 3 N–H and O–H groups in total. The number of nitrogens with zero attached hydrogens (tertiary/aromatic N) is 1. The van der Waals surface area contributed by atoms with Crippen molar-refractivity contribution in [2.75, 3.05) is 25.0 Å². The Bertz CT molecular complexity index is 1150. The Hall–Kier alpha value is -3.07. The van der Waals surface area contributed by atoms with Crippen LogP contribution in [0.5, 0.6) is 0 Å². The number of rotatable bonds is 8. The van der Waals surface area contributed by atoms with Crippen LogP contribution in [0.15, 0.2) is 78.9 Å². The van der Waals surface area contributed by atoms with Crippen LogP contribution in [0.3, 0.4) is 0 Å². The zero-order valence-corrected chi connectivity index (χ0v) is 20.8. The third-order valence-electron chi connectivity index (χ3n) is 7.24. The summed E-state index contributed by atoms with van der Waals surface area (Å²) in [6.45, 7) is 1.86. The van der Waals surface area contributed by atoms with Crippen molar-refractivity contribution >= 4 is 11.6 Å². The van der Waals surface area contributed by atoms with Crippen LogP contribution in [0.4, 0.5) is 5.69 Å². The maximum Gasteiger partial charge on any atom is 0.255 e. The molecule has 3 aromatic rings. The molecule has 0 aromatic heterocycles. The molecule has 0 bridgehead atoms. The van der Waals surface area contributed by atoms with E-state index in [-0.39, 0.29) is 37.4 Å². The Morgan fingerprint density at radius 1 is 0.919 bits per heavy atom. The minimum absolute atomic E-state index is 0.00479. The first-order valence-corrected chi connectivity index (χ1v) is 12.9. The monoisotopic (exact) mass is 502 g/mol. The minimum Gasteiger partial charge on any atom is -0.395 e. The summed E-state index contributed by atoms with van der Waals surface area (Å²) < 4.78 is 12.9. The van der Waals surface area contributed by atoms with Crippen LogP contribution >= 0.6 is 0 Å². The first-order chi connectivity index (χ1) is 18.1. The van der Waals surface area contributed by atoms with E-state index < -0.39 is 6.29 Å². The van der Waals surface area contributed by atoms with Gasteiger partial charge in [-0.15, -0.1) is 0 Å². The second-order valence-corrected chi connectivity index (χ2v) is 9.77. The first-order valence-electron chi connectivity index (χ1n) is 12.9. The van der Waals surface area contributed by atoms with E-state index in [0.29, 0.717) is 17.7 Å². The van der Waals surface area contributed by atoms with Gasteiger partial charge in [0.25, 0.3) is 5.91 Å². The molecule has 7 nitrogen and oxygen atoms in total. The summed E-state index contributed by atoms with van der Waals surface area (Å²) in [5.41, 5.74) is 4.08. The van der Waals surface area contributed by atoms with Crippen LogP contribution in [0.1, 0.15) is 58.7 Å². The molecule has 7 heteroatoms. The third kappa shape index (κ3) is 6.26. The molecule has 2 aliphatic heterocycles. The lowest BCUT2D eigenvalue weighted by atomic mass is 9.99. The Kier molecular flexibility index (Phi) is 8.28. The van der Waals surface area contributed by atoms with Gasteiger partial charge in [-0.3, -0.25) is 9.69 Å². The molecule has 0 aliphatic carbocycles. The van der Waals surface area contributed by atoms with Gasteiger partial charge in [0.2, 0.25) is 0 Å². The largest absolute Gasteiger partial charge is 0.395 e. The van der Waals surface area contributed by atoms with Crippen LogP contribution in [-0.4, -0.2) is 52.9 Å². The number of anilines is 1. The summed E-state index contributed by atoms with van der Waals surface area (Å²) in [7, 11) is 0. The molecule has 194 valence electrons. The van der Waals surface area contributed by atoms with E-state index in [1.807, 2.05) is 66.7 Å². The fourth-order valence-corrected chi connectivity index (χ4v) is 5.15. The van der Waals surface area contributed by atoms with Crippen molar-refractivity contribution < 1.29 is 24.5 Å². The van der Waals surface area contributed by atoms with Crippen LogP contribution in [0.25, 0.3) is 0 Å². The standard InChI is InChI=1S/C30H34N2O5/c33-19-21-8-10-22(11-9-21)28-17-27(18-32-16-4-7-26(32)20-34)36-30(37-28)24-12-14-25(15-13-24)31-29(35)23-5-2-1-3-6-23/h1-3,5-6,8-15,26-28,30,33-34H,4,7,16-20H2,(H,31,35). The van der Waals surface area contributed by atoms with Gasteiger partial charge >= 0.3 is 0 Å². The minimum atomic E-state index is -0.560. The zero-order chi connectivity index (χ0) is 25.6. The highest BCUT2D eigenvalue weighted by molar-refractivity contribution is 6.04. The van der Waals surface area contributed by atoms with Gasteiger partial charge in [0.1, 0.15) is 0 Å². The molecule has 1 amide bonds. The molecule has 3 aromatic carbocycles. The van der Waals surface area contributed by atoms with Gasteiger partial charge in [0.05, 0.1) is 25.4 Å². The summed E-state index contributed by atoms with van der Waals surface area (Å²) in [5.74, 6) is -0.158. The normalized spacial score (nSPS) is 24.2. The van der Waals surface area contributed by atoms with Crippen molar-refractivity contribution in [3.63, 3.8) is 0 Å². The molecule has 5 rings (SSSR count). The highest BCUT2D eigenvalue weighted by Crippen LogP contribution is 2.39. The van der Waals surface area contributed by atoms with Crippen molar-refractivity contribution in [1.29, 1.82) is 0 Å². The molecular weight excluding hydrogens is 468 g/mol. The number of likely N-dealkylation sites (tertiary alicyclic amines) is 1. The summed E-state index contributed by atoms with van der Waals surface area (Å²) >= 11 is 0. The number of benzene rings is 3. The summed E-state index contributed by atoms with van der Waals surface area (Å²) in [6, 6.07) is 24.7. The van der Waals surface area contributed by atoms with Gasteiger partial charge in [-0.2, -0.15) is 0 Å². The van der Waals surface area contributed by atoms with Crippen molar-refractivity contribution in [2.45, 2.75) is 50.4 Å². The second-order valence-electron chi connectivity index (χ2n) is 9.77. The van der Waals surface area contributed by atoms with E-state index in [1.54, 1.807) is 12.1 Å². The average molecular weight is 503 g/mol. The number of hydrogen-bond donors (Lipinski definition) is 3. The van der Waals surface area contributed by atoms with E-state index in [4.69, 9.17) is 9.47 Å². The maximum atomic E-state index is 12.5. The molecule has 37 heavy (non-hydrogen) atoms. The molecule has 4 atom stereocenters. The molecule has 0 spiro atoms. The smallest absolute Gasteiger partial charge is 0.255 e. The Labute approximate surface area is 217 Å². The van der Waals surface area contributed by atoms with Crippen LogP contribution in [0.2, 0.25) is 0 Å². The molecule has 4 unspecified atom stereocenters. The van der Waals surface area contributed by atoms with Crippen LogP contribution in [-0.2, 0) is 16.1 Å². The maximum absolute atomic E-state index is 12.5. The highest BCUT2D eigenvalue weighted by Gasteiger charge is 2.35. The SMILES string of the molecule is O=C(Nc1ccc(C2OC(CN3CCCC3CO)CC(c3ccc(CO)cc3)O2)cc1)c1ccccc1. The number of aliphatic hydroxyl groups is 2. The van der Waals surface area contributed by atoms with Gasteiger partial charge in [-0.1, -0.05) is 54.6 Å². The third-order valence-corrected chi connectivity index (χ3v) is 7.24. The van der Waals surface area contributed by atoms with E-state index in [2.05, 4.69) is 10.2 Å². The fourth-order valence-electron chi connectivity index (χ4n) is 5.15. The van der Waals surface area contributed by atoms with Gasteiger partial charge in [0.15, 0.2) is 6.29 Å². The van der Waals surface area contributed by atoms with Gasteiger partial charge < -0.3 is 25.0 Å². The molecule has 2 saturated heterocycles. The molecule has 0 radical (unpaired) electrons. The Balaban J connectivity index is 1.32. The second kappa shape index (κ2) is 12.0. The Morgan fingerprint density at radius 3 is 2.35 bits per heavy atom. The summed E-state index contributed by atoms with van der Waals surface area (Å²) in [5, 5.41) is 22.1. The molecule has 2 aliphatic rings. The van der Waals surface area contributed by atoms with Crippen molar-refractivity contribution in [3.05, 3.63) is 101 Å². The number of ether oxygens (including phenoxy) is 2. The zero-order valence-electron chi connectivity index (χ0n) is 20.8. The van der Waals surface area contributed by atoms with Crippen molar-refractivity contribution in [1.82, 2.24) is 4.90 Å². The topological polar surface area (TPSA) is 91.3 Å². The summed E-state index contributed by atoms with van der Waals surface area (Å²) in [4.78, 5) is 14.8. The fraction of sp³-hybridized carbons (Fsp3) is 0.367. The van der Waals surface area contributed by atoms with E-state index in [9.17, 15) is 15.0 Å². The lowest BCUT2D eigenvalue weighted by Gasteiger charge is -2.38. The summed E-state index contributed by atoms with van der Waals surface area (Å²) in [6.07, 6.45) is 2.01.